The molecule has 0 spiro atoms. The molecule has 4 heteroatoms. The minimum Gasteiger partial charge on any atom is -0.456 e. The van der Waals surface area contributed by atoms with Crippen LogP contribution < -0.4 is 10.5 Å². The maximum atomic E-state index is 6.12. The monoisotopic (exact) mass is 353 g/mol. The second-order valence-electron chi connectivity index (χ2n) is 4.76. The van der Waals surface area contributed by atoms with Gasteiger partial charge in [-0.1, -0.05) is 33.6 Å². The van der Waals surface area contributed by atoms with Crippen LogP contribution in [0, 0.1) is 13.8 Å². The Morgan fingerprint density at radius 3 is 2.40 bits per heavy atom. The van der Waals surface area contributed by atoms with Crippen LogP contribution in [0.3, 0.4) is 0 Å². The SMILES string of the molecule is Cc1cc(Cl)cc(C)c1Oc1cc(Br)ccc1CCN. The van der Waals surface area contributed by atoms with Crippen molar-refractivity contribution >= 4 is 27.5 Å². The third-order valence-corrected chi connectivity index (χ3v) is 3.79. The van der Waals surface area contributed by atoms with Gasteiger partial charge in [-0.25, -0.2) is 0 Å². The first-order valence-corrected chi connectivity index (χ1v) is 7.61. The van der Waals surface area contributed by atoms with Crippen LogP contribution in [0.4, 0.5) is 0 Å². The third kappa shape index (κ3) is 3.54. The number of aryl methyl sites for hydroxylation is 2. The van der Waals surface area contributed by atoms with Crippen LogP contribution >= 0.6 is 27.5 Å². The highest BCUT2D eigenvalue weighted by atomic mass is 79.9. The van der Waals surface area contributed by atoms with Crippen molar-refractivity contribution in [2.45, 2.75) is 20.3 Å². The predicted octanol–water partition coefficient (Wildman–Crippen LogP) is 5.01. The van der Waals surface area contributed by atoms with Crippen molar-refractivity contribution < 1.29 is 4.74 Å². The topological polar surface area (TPSA) is 35.2 Å². The molecule has 0 bridgehead atoms. The first-order chi connectivity index (χ1) is 9.51. The van der Waals surface area contributed by atoms with Gasteiger partial charge in [-0.05, 0) is 67.8 Å². The van der Waals surface area contributed by atoms with Crippen LogP contribution in [-0.2, 0) is 6.42 Å². The summed E-state index contributed by atoms with van der Waals surface area (Å²) in [6.07, 6.45) is 0.786. The summed E-state index contributed by atoms with van der Waals surface area (Å²) in [5.74, 6) is 1.68. The second kappa shape index (κ2) is 6.61. The minimum absolute atomic E-state index is 0.594. The molecule has 2 aromatic rings. The molecule has 0 unspecified atom stereocenters. The van der Waals surface area contributed by atoms with E-state index in [0.717, 1.165) is 44.1 Å². The van der Waals surface area contributed by atoms with Crippen molar-refractivity contribution in [1.29, 1.82) is 0 Å². The Balaban J connectivity index is 2.41. The van der Waals surface area contributed by atoms with Crippen LogP contribution in [0.25, 0.3) is 0 Å². The molecule has 0 saturated carbocycles. The molecule has 0 radical (unpaired) electrons. The van der Waals surface area contributed by atoms with E-state index in [2.05, 4.69) is 15.9 Å². The molecule has 0 amide bonds. The zero-order chi connectivity index (χ0) is 14.7. The molecule has 2 N–H and O–H groups in total. The number of rotatable bonds is 4. The first kappa shape index (κ1) is 15.4. The summed E-state index contributed by atoms with van der Waals surface area (Å²) < 4.78 is 7.10. The lowest BCUT2D eigenvalue weighted by molar-refractivity contribution is 0.468. The van der Waals surface area contributed by atoms with E-state index in [1.807, 2.05) is 44.2 Å². The van der Waals surface area contributed by atoms with Gasteiger partial charge in [0.25, 0.3) is 0 Å². The lowest BCUT2D eigenvalue weighted by atomic mass is 10.1. The molecule has 0 aliphatic carbocycles. The molecule has 2 rings (SSSR count). The average molecular weight is 355 g/mol. The molecule has 0 aliphatic rings. The third-order valence-electron chi connectivity index (χ3n) is 3.08. The summed E-state index contributed by atoms with van der Waals surface area (Å²) in [6, 6.07) is 9.82. The first-order valence-electron chi connectivity index (χ1n) is 6.44. The van der Waals surface area contributed by atoms with Crippen molar-refractivity contribution in [2.24, 2.45) is 5.73 Å². The Morgan fingerprint density at radius 2 is 1.80 bits per heavy atom. The van der Waals surface area contributed by atoms with Gasteiger partial charge in [0.1, 0.15) is 11.5 Å². The summed E-state index contributed by atoms with van der Waals surface area (Å²) in [4.78, 5) is 0. The number of hydrogen-bond donors (Lipinski definition) is 1. The molecule has 106 valence electrons. The van der Waals surface area contributed by atoms with Crippen LogP contribution in [0.5, 0.6) is 11.5 Å². The Kier molecular flexibility index (Phi) is 5.08. The minimum atomic E-state index is 0.594. The van der Waals surface area contributed by atoms with Gasteiger partial charge in [0.2, 0.25) is 0 Å². The summed E-state index contributed by atoms with van der Waals surface area (Å²) in [6.45, 7) is 4.58. The summed E-state index contributed by atoms with van der Waals surface area (Å²) in [7, 11) is 0. The molecule has 0 aromatic heterocycles. The smallest absolute Gasteiger partial charge is 0.133 e. The maximum Gasteiger partial charge on any atom is 0.133 e. The largest absolute Gasteiger partial charge is 0.456 e. The second-order valence-corrected chi connectivity index (χ2v) is 6.11. The van der Waals surface area contributed by atoms with Crippen LogP contribution in [0.15, 0.2) is 34.8 Å². The fraction of sp³-hybridized carbons (Fsp3) is 0.250. The summed E-state index contributed by atoms with van der Waals surface area (Å²) in [5, 5.41) is 0.726. The van der Waals surface area contributed by atoms with Gasteiger partial charge in [-0.2, -0.15) is 0 Å². The quantitative estimate of drug-likeness (QED) is 0.837. The van der Waals surface area contributed by atoms with Crippen molar-refractivity contribution in [3.63, 3.8) is 0 Å². The van der Waals surface area contributed by atoms with Crippen LogP contribution in [0.2, 0.25) is 5.02 Å². The lowest BCUT2D eigenvalue weighted by Gasteiger charge is -2.15. The van der Waals surface area contributed by atoms with Crippen molar-refractivity contribution in [3.8, 4) is 11.5 Å². The van der Waals surface area contributed by atoms with Crippen molar-refractivity contribution in [2.75, 3.05) is 6.54 Å². The number of ether oxygens (including phenoxy) is 1. The molecule has 0 fully saturated rings. The highest BCUT2D eigenvalue weighted by Gasteiger charge is 2.10. The molecule has 0 heterocycles. The average Bonchev–Trinajstić information content (AvgIpc) is 2.37. The van der Waals surface area contributed by atoms with Gasteiger partial charge in [0.05, 0.1) is 0 Å². The summed E-state index contributed by atoms with van der Waals surface area (Å²) >= 11 is 9.53. The molecule has 0 saturated heterocycles. The molecule has 20 heavy (non-hydrogen) atoms. The van der Waals surface area contributed by atoms with Gasteiger partial charge in [-0.15, -0.1) is 0 Å². The van der Waals surface area contributed by atoms with E-state index in [0.29, 0.717) is 6.54 Å². The van der Waals surface area contributed by atoms with E-state index in [1.165, 1.54) is 0 Å². The van der Waals surface area contributed by atoms with E-state index in [1.54, 1.807) is 0 Å². The highest BCUT2D eigenvalue weighted by molar-refractivity contribution is 9.10. The van der Waals surface area contributed by atoms with Gasteiger partial charge in [0, 0.05) is 9.50 Å². The molecule has 0 atom stereocenters. The predicted molar refractivity (Wildman–Crippen MR) is 87.9 cm³/mol. The van der Waals surface area contributed by atoms with E-state index in [4.69, 9.17) is 22.1 Å². The van der Waals surface area contributed by atoms with Crippen molar-refractivity contribution in [3.05, 3.63) is 56.5 Å². The zero-order valence-corrected chi connectivity index (χ0v) is 13.9. The van der Waals surface area contributed by atoms with E-state index >= 15 is 0 Å². The number of benzene rings is 2. The number of halogens is 2. The van der Waals surface area contributed by atoms with E-state index < -0.39 is 0 Å². The molecular weight excluding hydrogens is 338 g/mol. The van der Waals surface area contributed by atoms with E-state index in [9.17, 15) is 0 Å². The summed E-state index contributed by atoms with van der Waals surface area (Å²) in [5.41, 5.74) is 8.80. The van der Waals surface area contributed by atoms with Crippen LogP contribution in [0.1, 0.15) is 16.7 Å². The normalized spacial score (nSPS) is 10.7. The molecule has 2 aromatic carbocycles. The zero-order valence-electron chi connectivity index (χ0n) is 11.5. The van der Waals surface area contributed by atoms with Gasteiger partial charge in [-0.3, -0.25) is 0 Å². The molecule has 0 aliphatic heterocycles. The lowest BCUT2D eigenvalue weighted by Crippen LogP contribution is -2.04. The van der Waals surface area contributed by atoms with Gasteiger partial charge >= 0.3 is 0 Å². The fourth-order valence-corrected chi connectivity index (χ4v) is 2.82. The maximum absolute atomic E-state index is 6.12. The molecule has 2 nitrogen and oxygen atoms in total. The van der Waals surface area contributed by atoms with Gasteiger partial charge in [0.15, 0.2) is 0 Å². The Labute approximate surface area is 133 Å². The number of nitrogens with two attached hydrogens (primary N) is 1. The standard InChI is InChI=1S/C16H17BrClNO/c1-10-7-14(18)8-11(2)16(10)20-15-9-13(17)4-3-12(15)5-6-19/h3-4,7-9H,5-6,19H2,1-2H3. The van der Waals surface area contributed by atoms with Gasteiger partial charge < -0.3 is 10.5 Å². The van der Waals surface area contributed by atoms with Crippen molar-refractivity contribution in [1.82, 2.24) is 0 Å². The number of hydrogen-bond acceptors (Lipinski definition) is 2. The fourth-order valence-electron chi connectivity index (χ4n) is 2.15. The highest BCUT2D eigenvalue weighted by Crippen LogP contribution is 2.34. The Hall–Kier alpha value is -1.03. The van der Waals surface area contributed by atoms with E-state index in [-0.39, 0.29) is 0 Å². The Bertz CT molecular complexity index is 605. The molecular formula is C16H17BrClNO. The Morgan fingerprint density at radius 1 is 1.15 bits per heavy atom. The van der Waals surface area contributed by atoms with Crippen LogP contribution in [-0.4, -0.2) is 6.54 Å².